The van der Waals surface area contributed by atoms with E-state index in [2.05, 4.69) is 10.3 Å². The Morgan fingerprint density at radius 1 is 1.41 bits per heavy atom. The van der Waals surface area contributed by atoms with Crippen LogP contribution >= 0.6 is 0 Å². The molecule has 1 aromatic rings. The van der Waals surface area contributed by atoms with Crippen LogP contribution in [0.1, 0.15) is 44.6 Å². The summed E-state index contributed by atoms with van der Waals surface area (Å²) in [5, 5.41) is 22.2. The highest BCUT2D eigenvalue weighted by molar-refractivity contribution is 7.89. The zero-order valence-corrected chi connectivity index (χ0v) is 18.9. The van der Waals surface area contributed by atoms with Crippen molar-refractivity contribution in [3.05, 3.63) is 17.8 Å². The molecule has 0 aromatic carbocycles. The number of anilines is 1. The highest BCUT2D eigenvalue weighted by Gasteiger charge is 2.46. The fourth-order valence-corrected chi connectivity index (χ4v) is 5.52. The molecule has 1 aromatic heterocycles. The van der Waals surface area contributed by atoms with Crippen molar-refractivity contribution in [2.75, 3.05) is 32.1 Å². The number of rotatable bonds is 8. The third-order valence-corrected chi connectivity index (χ3v) is 8.10. The van der Waals surface area contributed by atoms with Gasteiger partial charge in [0.1, 0.15) is 10.7 Å². The van der Waals surface area contributed by atoms with Crippen LogP contribution in [0.4, 0.5) is 19.0 Å². The number of nitrogens with one attached hydrogen (secondary N) is 1. The Labute approximate surface area is 185 Å². The van der Waals surface area contributed by atoms with Gasteiger partial charge in [-0.2, -0.15) is 17.5 Å². The lowest BCUT2D eigenvalue weighted by Gasteiger charge is -2.49. The topological polar surface area (TPSA) is 112 Å². The van der Waals surface area contributed by atoms with E-state index in [1.165, 1.54) is 7.05 Å². The van der Waals surface area contributed by atoms with Gasteiger partial charge in [-0.3, -0.25) is 0 Å². The fraction of sp³-hybridized carbons (Fsp3) is 0.750. The van der Waals surface area contributed by atoms with Crippen LogP contribution in [0.3, 0.4) is 0 Å². The van der Waals surface area contributed by atoms with Gasteiger partial charge in [0, 0.05) is 26.3 Å². The van der Waals surface area contributed by atoms with Crippen LogP contribution in [0, 0.1) is 5.41 Å². The molecular formula is C20H30F3N3O5S. The van der Waals surface area contributed by atoms with E-state index in [-0.39, 0.29) is 36.5 Å². The predicted octanol–water partition coefficient (Wildman–Crippen LogP) is 2.22. The molecule has 3 N–H and O–H groups in total. The number of sulfonamides is 1. The van der Waals surface area contributed by atoms with Gasteiger partial charge in [-0.15, -0.1) is 0 Å². The molecule has 12 heteroatoms. The van der Waals surface area contributed by atoms with Gasteiger partial charge in [0.15, 0.2) is 0 Å². The fourth-order valence-electron chi connectivity index (χ4n) is 4.17. The van der Waals surface area contributed by atoms with E-state index in [1.807, 2.05) is 0 Å². The second kappa shape index (κ2) is 9.41. The van der Waals surface area contributed by atoms with Crippen LogP contribution in [-0.2, 0) is 20.9 Å². The van der Waals surface area contributed by atoms with Crippen molar-refractivity contribution < 1.29 is 36.5 Å². The van der Waals surface area contributed by atoms with Crippen LogP contribution < -0.4 is 5.32 Å². The third kappa shape index (κ3) is 5.53. The highest BCUT2D eigenvalue weighted by atomic mass is 32.2. The molecule has 1 saturated carbocycles. The molecule has 0 amide bonds. The molecule has 1 saturated heterocycles. The Kier molecular flexibility index (Phi) is 7.40. The van der Waals surface area contributed by atoms with Crippen LogP contribution in [0.5, 0.6) is 0 Å². The second-order valence-electron chi connectivity index (χ2n) is 8.83. The summed E-state index contributed by atoms with van der Waals surface area (Å²) in [4.78, 5) is 3.15. The number of aliphatic hydroxyl groups excluding tert-OH is 2. The quantitative estimate of drug-likeness (QED) is 0.522. The monoisotopic (exact) mass is 481 g/mol. The average Bonchev–Trinajstić information content (AvgIpc) is 2.71. The molecule has 2 fully saturated rings. The lowest BCUT2D eigenvalue weighted by molar-refractivity contribution is -0.138. The number of hydrogen-bond donors (Lipinski definition) is 3. The average molecular weight is 482 g/mol. The Bertz CT molecular complexity index is 896. The van der Waals surface area contributed by atoms with E-state index in [1.54, 1.807) is 6.92 Å². The van der Waals surface area contributed by atoms with E-state index in [0.29, 0.717) is 44.6 Å². The summed E-state index contributed by atoms with van der Waals surface area (Å²) in [6.07, 6.45) is -2.41. The zero-order chi connectivity index (χ0) is 23.7. The lowest BCUT2D eigenvalue weighted by atomic mass is 9.63. The molecule has 0 radical (unpaired) electrons. The molecular weight excluding hydrogens is 451 g/mol. The van der Waals surface area contributed by atoms with Gasteiger partial charge in [0.2, 0.25) is 10.0 Å². The van der Waals surface area contributed by atoms with Crippen molar-refractivity contribution >= 4 is 15.8 Å². The van der Waals surface area contributed by atoms with Crippen molar-refractivity contribution in [3.63, 3.8) is 0 Å². The van der Waals surface area contributed by atoms with Gasteiger partial charge >= 0.3 is 6.18 Å². The first-order valence-corrected chi connectivity index (χ1v) is 12.1. The molecule has 0 bridgehead atoms. The predicted molar refractivity (Wildman–Crippen MR) is 110 cm³/mol. The highest BCUT2D eigenvalue weighted by Crippen LogP contribution is 2.48. The summed E-state index contributed by atoms with van der Waals surface area (Å²) in [5.74, 6) is -0.196. The Balaban J connectivity index is 1.76. The summed E-state index contributed by atoms with van der Waals surface area (Å²) in [6.45, 7) is 2.08. The Morgan fingerprint density at radius 3 is 2.62 bits per heavy atom. The number of pyridine rings is 1. The first kappa shape index (κ1) is 25.2. The number of aromatic nitrogens is 1. The normalized spacial score (nSPS) is 27.4. The molecule has 3 rings (SSSR count). The van der Waals surface area contributed by atoms with Gasteiger partial charge in [0.05, 0.1) is 30.5 Å². The summed E-state index contributed by atoms with van der Waals surface area (Å²) in [7, 11) is -3.15. The zero-order valence-electron chi connectivity index (χ0n) is 18.1. The second-order valence-corrected chi connectivity index (χ2v) is 10.8. The summed E-state index contributed by atoms with van der Waals surface area (Å²) in [6, 6.07) is 0.561. The maximum Gasteiger partial charge on any atom is 0.417 e. The first-order valence-electron chi connectivity index (χ1n) is 10.6. The number of likely N-dealkylation sites (N-methyl/N-ethyl adjacent to an activating group) is 1. The maximum absolute atomic E-state index is 13.2. The van der Waals surface area contributed by atoms with E-state index in [0.717, 1.165) is 10.7 Å². The van der Waals surface area contributed by atoms with Crippen LogP contribution in [0.2, 0.25) is 0 Å². The smallest absolute Gasteiger partial charge is 0.393 e. The number of ether oxygens (including phenoxy) is 1. The van der Waals surface area contributed by atoms with E-state index in [4.69, 9.17) is 4.74 Å². The van der Waals surface area contributed by atoms with Gasteiger partial charge in [-0.05, 0) is 43.6 Å². The largest absolute Gasteiger partial charge is 0.417 e. The lowest BCUT2D eigenvalue weighted by Crippen LogP contribution is -2.49. The molecule has 1 aliphatic carbocycles. The summed E-state index contributed by atoms with van der Waals surface area (Å²) in [5.41, 5.74) is -1.18. The van der Waals surface area contributed by atoms with E-state index < -0.39 is 32.8 Å². The van der Waals surface area contributed by atoms with Crippen molar-refractivity contribution in [1.29, 1.82) is 0 Å². The molecule has 1 aliphatic heterocycles. The summed E-state index contributed by atoms with van der Waals surface area (Å²) < 4.78 is 72.4. The minimum atomic E-state index is -4.76. The summed E-state index contributed by atoms with van der Waals surface area (Å²) >= 11 is 0. The van der Waals surface area contributed by atoms with Crippen molar-refractivity contribution in [3.8, 4) is 0 Å². The molecule has 32 heavy (non-hydrogen) atoms. The number of alkyl halides is 3. The molecule has 2 aliphatic rings. The SMILES string of the molecule is CC[C@H](O)CN(C)S(=O)(=O)c1cc(C(F)(F)F)cnc1NCC1CCC2(CO1)CC(O)C2. The maximum atomic E-state index is 13.2. The van der Waals surface area contributed by atoms with Crippen molar-refractivity contribution in [1.82, 2.24) is 9.29 Å². The van der Waals surface area contributed by atoms with E-state index >= 15 is 0 Å². The third-order valence-electron chi connectivity index (χ3n) is 6.26. The molecule has 1 spiro atoms. The van der Waals surface area contributed by atoms with E-state index in [9.17, 15) is 31.8 Å². The van der Waals surface area contributed by atoms with Gasteiger partial charge in [0.25, 0.3) is 0 Å². The van der Waals surface area contributed by atoms with Gasteiger partial charge in [-0.25, -0.2) is 13.4 Å². The first-order chi connectivity index (χ1) is 14.9. The number of hydrogen-bond acceptors (Lipinski definition) is 7. The Morgan fingerprint density at radius 2 is 2.09 bits per heavy atom. The minimum Gasteiger partial charge on any atom is -0.393 e. The number of aliphatic hydroxyl groups is 2. The minimum absolute atomic E-state index is 0.000151. The van der Waals surface area contributed by atoms with Crippen LogP contribution in [-0.4, -0.2) is 73.0 Å². The van der Waals surface area contributed by atoms with Crippen LogP contribution in [0.25, 0.3) is 0 Å². The molecule has 8 nitrogen and oxygen atoms in total. The molecule has 2 heterocycles. The van der Waals surface area contributed by atoms with Gasteiger partial charge in [-0.1, -0.05) is 6.92 Å². The number of halogens is 3. The molecule has 182 valence electrons. The van der Waals surface area contributed by atoms with Crippen molar-refractivity contribution in [2.45, 2.75) is 68.4 Å². The number of nitrogens with zero attached hydrogens (tertiary/aromatic N) is 2. The standard InChI is InChI=1S/C20H30F3N3O5S/c1-3-14(27)11-26(2)32(29,30)17-6-13(20(21,22)23)9-24-18(17)25-10-16-4-5-19(12-31-16)7-15(28)8-19/h6,9,14-16,27-28H,3-5,7-8,10-12H2,1-2H3,(H,24,25)/t14-,15?,16?,19?/m0/s1. The Hall–Kier alpha value is -1.47. The van der Waals surface area contributed by atoms with Crippen LogP contribution in [0.15, 0.2) is 17.2 Å². The molecule has 1 unspecified atom stereocenters. The molecule has 2 atom stereocenters. The van der Waals surface area contributed by atoms with Crippen molar-refractivity contribution in [2.24, 2.45) is 5.41 Å². The van der Waals surface area contributed by atoms with Gasteiger partial charge < -0.3 is 20.3 Å².